The Kier molecular flexibility index (Phi) is 8.89. The van der Waals surface area contributed by atoms with E-state index in [0.717, 1.165) is 5.75 Å². The van der Waals surface area contributed by atoms with Gasteiger partial charge in [0.15, 0.2) is 0 Å². The van der Waals surface area contributed by atoms with Gasteiger partial charge in [-0.3, -0.25) is 4.79 Å². The first-order valence-electron chi connectivity index (χ1n) is 7.24. The van der Waals surface area contributed by atoms with Crippen LogP contribution in [0.1, 0.15) is 12.8 Å². The Morgan fingerprint density at radius 1 is 1.35 bits per heavy atom. The molecule has 4 N–H and O–H groups in total. The summed E-state index contributed by atoms with van der Waals surface area (Å²) in [6, 6.07) is 4.39. The smallest absolute Gasteiger partial charge is 0.312 e. The summed E-state index contributed by atoms with van der Waals surface area (Å²) < 4.78 is 18.2. The fourth-order valence-corrected chi connectivity index (χ4v) is 2.28. The third-order valence-corrected chi connectivity index (χ3v) is 3.59. The number of benzene rings is 1. The number of ether oxygens (including phenoxy) is 1. The van der Waals surface area contributed by atoms with Crippen molar-refractivity contribution in [3.05, 3.63) is 30.1 Å². The number of primary amides is 1. The predicted molar refractivity (Wildman–Crippen MR) is 89.0 cm³/mol. The van der Waals surface area contributed by atoms with Gasteiger partial charge in [-0.25, -0.2) is 9.18 Å². The molecule has 1 rings (SSSR count). The maximum atomic E-state index is 12.7. The minimum Gasteiger partial charge on any atom is -0.494 e. The highest BCUT2D eigenvalue weighted by molar-refractivity contribution is 7.98. The topological polar surface area (TPSA) is 93.5 Å². The molecule has 1 aromatic carbocycles. The SMILES string of the molecule is CSCC[C@@H](NC(N)=O)C(=O)NCCCOc1ccc(F)cc1. The van der Waals surface area contributed by atoms with Gasteiger partial charge < -0.3 is 21.1 Å². The van der Waals surface area contributed by atoms with E-state index in [4.69, 9.17) is 10.5 Å². The molecule has 0 heterocycles. The second-order valence-corrected chi connectivity index (χ2v) is 5.78. The van der Waals surface area contributed by atoms with E-state index in [-0.39, 0.29) is 11.7 Å². The fourth-order valence-electron chi connectivity index (χ4n) is 1.80. The van der Waals surface area contributed by atoms with Crippen molar-refractivity contribution in [2.45, 2.75) is 18.9 Å². The Morgan fingerprint density at radius 2 is 2.04 bits per heavy atom. The second-order valence-electron chi connectivity index (χ2n) is 4.79. The summed E-state index contributed by atoms with van der Waals surface area (Å²) >= 11 is 1.59. The van der Waals surface area contributed by atoms with E-state index < -0.39 is 12.1 Å². The third-order valence-electron chi connectivity index (χ3n) is 2.95. The number of carbonyl (C=O) groups excluding carboxylic acids is 2. The van der Waals surface area contributed by atoms with Crippen LogP contribution in [0.3, 0.4) is 0 Å². The number of hydrogen-bond donors (Lipinski definition) is 3. The van der Waals surface area contributed by atoms with Crippen molar-refractivity contribution < 1.29 is 18.7 Å². The molecule has 0 spiro atoms. The van der Waals surface area contributed by atoms with Gasteiger partial charge in [-0.1, -0.05) is 0 Å². The highest BCUT2D eigenvalue weighted by atomic mass is 32.2. The van der Waals surface area contributed by atoms with Crippen LogP contribution in [-0.2, 0) is 4.79 Å². The standard InChI is InChI=1S/C15H22FN3O3S/c1-23-10-7-13(19-15(17)21)14(20)18-8-2-9-22-12-5-3-11(16)4-6-12/h3-6,13H,2,7-10H2,1H3,(H,18,20)(H3,17,19,21)/t13-/m1/s1. The minimum absolute atomic E-state index is 0.264. The largest absolute Gasteiger partial charge is 0.494 e. The average Bonchev–Trinajstić information content (AvgIpc) is 2.52. The fraction of sp³-hybridized carbons (Fsp3) is 0.467. The van der Waals surface area contributed by atoms with Crippen LogP contribution in [0.4, 0.5) is 9.18 Å². The second kappa shape index (κ2) is 10.7. The summed E-state index contributed by atoms with van der Waals surface area (Å²) in [7, 11) is 0. The van der Waals surface area contributed by atoms with E-state index in [1.165, 1.54) is 12.1 Å². The van der Waals surface area contributed by atoms with Crippen LogP contribution >= 0.6 is 11.8 Å². The molecule has 23 heavy (non-hydrogen) atoms. The quantitative estimate of drug-likeness (QED) is 0.561. The monoisotopic (exact) mass is 343 g/mol. The van der Waals surface area contributed by atoms with Crippen LogP contribution in [0.15, 0.2) is 24.3 Å². The summed E-state index contributed by atoms with van der Waals surface area (Å²) in [5.41, 5.74) is 5.07. The molecule has 0 aliphatic rings. The van der Waals surface area contributed by atoms with Gasteiger partial charge in [0.05, 0.1) is 6.61 Å². The number of rotatable bonds is 10. The van der Waals surface area contributed by atoms with Crippen molar-refractivity contribution >= 4 is 23.7 Å². The van der Waals surface area contributed by atoms with Gasteiger partial charge in [0, 0.05) is 6.54 Å². The molecular formula is C15H22FN3O3S. The Balaban J connectivity index is 2.25. The Bertz CT molecular complexity index is 499. The lowest BCUT2D eigenvalue weighted by Crippen LogP contribution is -2.49. The molecule has 0 saturated carbocycles. The minimum atomic E-state index is -0.717. The van der Waals surface area contributed by atoms with E-state index in [9.17, 15) is 14.0 Å². The summed E-state index contributed by atoms with van der Waals surface area (Å²) in [4.78, 5) is 22.9. The van der Waals surface area contributed by atoms with E-state index in [1.54, 1.807) is 23.9 Å². The van der Waals surface area contributed by atoms with Crippen molar-refractivity contribution in [1.29, 1.82) is 0 Å². The predicted octanol–water partition coefficient (Wildman–Crippen LogP) is 1.50. The molecule has 0 aliphatic heterocycles. The normalized spacial score (nSPS) is 11.6. The summed E-state index contributed by atoms with van der Waals surface area (Å²) in [6.45, 7) is 0.806. The summed E-state index contributed by atoms with van der Waals surface area (Å²) in [5, 5.41) is 5.17. The summed E-state index contributed by atoms with van der Waals surface area (Å²) in [6.07, 6.45) is 3.03. The molecule has 0 unspecified atom stereocenters. The first-order chi connectivity index (χ1) is 11.0. The van der Waals surface area contributed by atoms with E-state index in [1.807, 2.05) is 6.26 Å². The van der Waals surface area contributed by atoms with Crippen LogP contribution in [0.2, 0.25) is 0 Å². The molecular weight excluding hydrogens is 321 g/mol. The van der Waals surface area contributed by atoms with E-state index >= 15 is 0 Å². The van der Waals surface area contributed by atoms with E-state index in [0.29, 0.717) is 31.7 Å². The molecule has 3 amide bonds. The Labute approximate surface area is 139 Å². The van der Waals surface area contributed by atoms with Crippen LogP contribution in [-0.4, -0.2) is 43.1 Å². The van der Waals surface area contributed by atoms with Crippen LogP contribution < -0.4 is 21.1 Å². The third kappa shape index (κ3) is 8.29. The molecule has 128 valence electrons. The van der Waals surface area contributed by atoms with Crippen LogP contribution in [0, 0.1) is 5.82 Å². The molecule has 0 bridgehead atoms. The van der Waals surface area contributed by atoms with Crippen molar-refractivity contribution in [1.82, 2.24) is 10.6 Å². The van der Waals surface area contributed by atoms with Crippen LogP contribution in [0.5, 0.6) is 5.75 Å². The van der Waals surface area contributed by atoms with E-state index in [2.05, 4.69) is 10.6 Å². The Hall–Kier alpha value is -1.96. The molecule has 0 radical (unpaired) electrons. The van der Waals surface area contributed by atoms with Gasteiger partial charge in [-0.2, -0.15) is 11.8 Å². The van der Waals surface area contributed by atoms with Gasteiger partial charge in [0.25, 0.3) is 0 Å². The zero-order chi connectivity index (χ0) is 17.1. The highest BCUT2D eigenvalue weighted by Gasteiger charge is 2.18. The zero-order valence-corrected chi connectivity index (χ0v) is 13.8. The molecule has 6 nitrogen and oxygen atoms in total. The number of halogens is 1. The zero-order valence-electron chi connectivity index (χ0n) is 13.0. The first kappa shape index (κ1) is 19.1. The maximum absolute atomic E-state index is 12.7. The number of nitrogens with one attached hydrogen (secondary N) is 2. The maximum Gasteiger partial charge on any atom is 0.312 e. The van der Waals surface area contributed by atoms with Gasteiger partial charge in [0.1, 0.15) is 17.6 Å². The van der Waals surface area contributed by atoms with Crippen molar-refractivity contribution in [3.8, 4) is 5.75 Å². The average molecular weight is 343 g/mol. The molecule has 8 heteroatoms. The van der Waals surface area contributed by atoms with Gasteiger partial charge >= 0.3 is 6.03 Å². The molecule has 0 aromatic heterocycles. The Morgan fingerprint density at radius 3 is 2.65 bits per heavy atom. The number of amides is 3. The lowest BCUT2D eigenvalue weighted by molar-refractivity contribution is -0.122. The van der Waals surface area contributed by atoms with Gasteiger partial charge in [-0.15, -0.1) is 0 Å². The van der Waals surface area contributed by atoms with Crippen molar-refractivity contribution in [2.24, 2.45) is 5.73 Å². The molecule has 0 fully saturated rings. The summed E-state index contributed by atoms with van der Waals surface area (Å²) in [5.74, 6) is 0.736. The highest BCUT2D eigenvalue weighted by Crippen LogP contribution is 2.10. The number of hydrogen-bond acceptors (Lipinski definition) is 4. The van der Waals surface area contributed by atoms with Crippen LogP contribution in [0.25, 0.3) is 0 Å². The molecule has 1 atom stereocenters. The van der Waals surface area contributed by atoms with Gasteiger partial charge in [-0.05, 0) is 49.1 Å². The number of carbonyl (C=O) groups is 2. The molecule has 0 saturated heterocycles. The first-order valence-corrected chi connectivity index (χ1v) is 8.63. The molecule has 1 aromatic rings. The number of urea groups is 1. The lowest BCUT2D eigenvalue weighted by atomic mass is 10.2. The van der Waals surface area contributed by atoms with Gasteiger partial charge in [0.2, 0.25) is 5.91 Å². The number of nitrogens with two attached hydrogens (primary N) is 1. The van der Waals surface area contributed by atoms with Crippen molar-refractivity contribution in [2.75, 3.05) is 25.2 Å². The molecule has 0 aliphatic carbocycles. The van der Waals surface area contributed by atoms with Crippen molar-refractivity contribution in [3.63, 3.8) is 0 Å². The number of thioether (sulfide) groups is 1. The lowest BCUT2D eigenvalue weighted by Gasteiger charge is -2.16.